The number of nitrogens with one attached hydrogen (secondary N) is 1. The highest BCUT2D eigenvalue weighted by Gasteiger charge is 2.24. The second-order valence-electron chi connectivity index (χ2n) is 7.17. The lowest BCUT2D eigenvalue weighted by molar-refractivity contribution is 0.102. The molecule has 0 aliphatic carbocycles. The normalized spacial score (nSPS) is 11.1. The van der Waals surface area contributed by atoms with Crippen LogP contribution in [0.25, 0.3) is 11.3 Å². The van der Waals surface area contributed by atoms with E-state index in [4.69, 9.17) is 9.26 Å². The SMILES string of the molecule is COc1cc(C)c(-c2nc(NC(=O)c3c(C(C)C)noc3C)sc2C)cc1C. The summed E-state index contributed by atoms with van der Waals surface area (Å²) in [5, 5.41) is 7.49. The topological polar surface area (TPSA) is 77.2 Å². The molecular formula is C21H25N3O3S. The molecule has 3 rings (SSSR count). The minimum Gasteiger partial charge on any atom is -0.496 e. The molecule has 2 aromatic heterocycles. The van der Waals surface area contributed by atoms with Gasteiger partial charge in [-0.15, -0.1) is 11.3 Å². The van der Waals surface area contributed by atoms with E-state index in [9.17, 15) is 4.79 Å². The molecule has 28 heavy (non-hydrogen) atoms. The van der Waals surface area contributed by atoms with Crippen LogP contribution in [0.15, 0.2) is 16.7 Å². The first-order valence-electron chi connectivity index (χ1n) is 9.13. The molecule has 2 heterocycles. The first-order chi connectivity index (χ1) is 13.2. The molecule has 1 amide bonds. The van der Waals surface area contributed by atoms with Gasteiger partial charge in [0.05, 0.1) is 18.5 Å². The largest absolute Gasteiger partial charge is 0.496 e. The molecule has 0 atom stereocenters. The summed E-state index contributed by atoms with van der Waals surface area (Å²) in [7, 11) is 1.67. The van der Waals surface area contributed by atoms with Gasteiger partial charge < -0.3 is 9.26 Å². The second kappa shape index (κ2) is 7.75. The molecule has 7 heteroatoms. The first kappa shape index (κ1) is 20.1. The number of aryl methyl sites for hydroxylation is 4. The molecule has 0 saturated carbocycles. The number of carbonyl (C=O) groups is 1. The number of ether oxygens (including phenoxy) is 1. The Labute approximate surface area is 168 Å². The Balaban J connectivity index is 1.93. The average Bonchev–Trinajstić information content (AvgIpc) is 3.19. The fourth-order valence-electron chi connectivity index (χ4n) is 3.18. The zero-order chi connectivity index (χ0) is 20.6. The maximum absolute atomic E-state index is 12.8. The standard InChI is InChI=1S/C21H25N3O3S/c1-10(2)18-17(13(5)27-24-18)20(25)23-21-22-19(14(6)28-21)15-8-12(4)16(26-7)9-11(15)3/h8-10H,1-7H3,(H,22,23,25). The van der Waals surface area contributed by atoms with Crippen LogP contribution < -0.4 is 10.1 Å². The third kappa shape index (κ3) is 3.67. The Morgan fingerprint density at radius 3 is 2.54 bits per heavy atom. The number of hydrogen-bond acceptors (Lipinski definition) is 6. The molecule has 0 fully saturated rings. The first-order valence-corrected chi connectivity index (χ1v) is 9.95. The van der Waals surface area contributed by atoms with Crippen molar-refractivity contribution in [2.45, 2.75) is 47.5 Å². The summed E-state index contributed by atoms with van der Waals surface area (Å²) >= 11 is 1.45. The molecule has 3 aromatic rings. The highest BCUT2D eigenvalue weighted by molar-refractivity contribution is 7.16. The fraction of sp³-hybridized carbons (Fsp3) is 0.381. The number of anilines is 1. The van der Waals surface area contributed by atoms with Crippen LogP contribution in [0.5, 0.6) is 5.75 Å². The lowest BCUT2D eigenvalue weighted by atomic mass is 10.0. The number of rotatable bonds is 5. The molecule has 1 N–H and O–H groups in total. The lowest BCUT2D eigenvalue weighted by Gasteiger charge is -2.10. The summed E-state index contributed by atoms with van der Waals surface area (Å²) in [5.41, 5.74) is 5.17. The van der Waals surface area contributed by atoms with Gasteiger partial charge in [0.15, 0.2) is 5.13 Å². The van der Waals surface area contributed by atoms with E-state index in [0.717, 1.165) is 33.0 Å². The molecule has 0 saturated heterocycles. The molecule has 0 radical (unpaired) electrons. The maximum Gasteiger partial charge on any atom is 0.262 e. The predicted molar refractivity (Wildman–Crippen MR) is 112 cm³/mol. The molecule has 6 nitrogen and oxygen atoms in total. The Bertz CT molecular complexity index is 1030. The van der Waals surface area contributed by atoms with Gasteiger partial charge in [0.2, 0.25) is 0 Å². The number of benzene rings is 1. The van der Waals surface area contributed by atoms with E-state index in [-0.39, 0.29) is 11.8 Å². The quantitative estimate of drug-likeness (QED) is 0.620. The molecule has 0 aliphatic rings. The third-order valence-electron chi connectivity index (χ3n) is 4.68. The van der Waals surface area contributed by atoms with Gasteiger partial charge >= 0.3 is 0 Å². The van der Waals surface area contributed by atoms with E-state index in [1.54, 1.807) is 14.0 Å². The summed E-state index contributed by atoms with van der Waals surface area (Å²) in [6.07, 6.45) is 0. The van der Waals surface area contributed by atoms with Crippen molar-refractivity contribution in [3.63, 3.8) is 0 Å². The van der Waals surface area contributed by atoms with E-state index in [0.29, 0.717) is 22.1 Å². The zero-order valence-electron chi connectivity index (χ0n) is 17.3. The second-order valence-corrected chi connectivity index (χ2v) is 8.37. The third-order valence-corrected chi connectivity index (χ3v) is 5.56. The Morgan fingerprint density at radius 1 is 1.18 bits per heavy atom. The molecule has 1 aromatic carbocycles. The number of thiazole rings is 1. The van der Waals surface area contributed by atoms with E-state index in [2.05, 4.69) is 21.5 Å². The average molecular weight is 400 g/mol. The Kier molecular flexibility index (Phi) is 5.56. The number of carbonyl (C=O) groups excluding carboxylic acids is 1. The van der Waals surface area contributed by atoms with Gasteiger partial charge in [0, 0.05) is 10.4 Å². The number of nitrogens with zero attached hydrogens (tertiary/aromatic N) is 2. The molecule has 0 bridgehead atoms. The summed E-state index contributed by atoms with van der Waals surface area (Å²) in [6, 6.07) is 4.08. The minimum atomic E-state index is -0.245. The van der Waals surface area contributed by atoms with Gasteiger partial charge in [-0.1, -0.05) is 19.0 Å². The maximum atomic E-state index is 12.8. The van der Waals surface area contributed by atoms with E-state index < -0.39 is 0 Å². The lowest BCUT2D eigenvalue weighted by Crippen LogP contribution is -2.14. The van der Waals surface area contributed by atoms with Crippen LogP contribution in [0.3, 0.4) is 0 Å². The van der Waals surface area contributed by atoms with Crippen molar-refractivity contribution >= 4 is 22.4 Å². The summed E-state index contributed by atoms with van der Waals surface area (Å²) < 4.78 is 10.6. The van der Waals surface area contributed by atoms with Crippen molar-refractivity contribution in [2.24, 2.45) is 0 Å². The van der Waals surface area contributed by atoms with Gasteiger partial charge in [-0.2, -0.15) is 0 Å². The van der Waals surface area contributed by atoms with Gasteiger partial charge in [-0.25, -0.2) is 4.98 Å². The minimum absolute atomic E-state index is 0.0942. The van der Waals surface area contributed by atoms with Crippen molar-refractivity contribution in [3.05, 3.63) is 45.2 Å². The Morgan fingerprint density at radius 2 is 1.89 bits per heavy atom. The van der Waals surface area contributed by atoms with E-state index in [1.807, 2.05) is 40.7 Å². The molecule has 0 unspecified atom stereocenters. The van der Waals surface area contributed by atoms with Crippen molar-refractivity contribution in [1.29, 1.82) is 0 Å². The summed E-state index contributed by atoms with van der Waals surface area (Å²) in [4.78, 5) is 18.5. The molecular weight excluding hydrogens is 374 g/mol. The van der Waals surface area contributed by atoms with Gasteiger partial charge in [0.25, 0.3) is 5.91 Å². The van der Waals surface area contributed by atoms with E-state index >= 15 is 0 Å². The number of methoxy groups -OCH3 is 1. The van der Waals surface area contributed by atoms with Crippen molar-refractivity contribution < 1.29 is 14.1 Å². The van der Waals surface area contributed by atoms with Crippen LogP contribution in [-0.4, -0.2) is 23.2 Å². The molecule has 0 aliphatic heterocycles. The van der Waals surface area contributed by atoms with Crippen molar-refractivity contribution in [2.75, 3.05) is 12.4 Å². The van der Waals surface area contributed by atoms with Gasteiger partial charge in [-0.3, -0.25) is 10.1 Å². The highest BCUT2D eigenvalue weighted by atomic mass is 32.1. The predicted octanol–water partition coefficient (Wildman–Crippen LogP) is 5.42. The number of amides is 1. The summed E-state index contributed by atoms with van der Waals surface area (Å²) in [6.45, 7) is 11.8. The van der Waals surface area contributed by atoms with Crippen LogP contribution in [0.2, 0.25) is 0 Å². The van der Waals surface area contributed by atoms with Crippen molar-refractivity contribution in [3.8, 4) is 17.0 Å². The van der Waals surface area contributed by atoms with Gasteiger partial charge in [0.1, 0.15) is 17.1 Å². The number of aromatic nitrogens is 2. The Hall–Kier alpha value is -2.67. The molecule has 0 spiro atoms. The smallest absolute Gasteiger partial charge is 0.262 e. The van der Waals surface area contributed by atoms with Crippen LogP contribution in [0.1, 0.15) is 57.6 Å². The van der Waals surface area contributed by atoms with Crippen LogP contribution in [0, 0.1) is 27.7 Å². The van der Waals surface area contributed by atoms with Crippen LogP contribution in [-0.2, 0) is 0 Å². The van der Waals surface area contributed by atoms with Gasteiger partial charge in [-0.05, 0) is 56.9 Å². The number of hydrogen-bond donors (Lipinski definition) is 1. The van der Waals surface area contributed by atoms with Crippen LogP contribution >= 0.6 is 11.3 Å². The monoisotopic (exact) mass is 399 g/mol. The van der Waals surface area contributed by atoms with E-state index in [1.165, 1.54) is 11.3 Å². The zero-order valence-corrected chi connectivity index (χ0v) is 18.1. The van der Waals surface area contributed by atoms with Crippen LogP contribution in [0.4, 0.5) is 5.13 Å². The van der Waals surface area contributed by atoms with Crippen molar-refractivity contribution in [1.82, 2.24) is 10.1 Å². The molecule has 148 valence electrons. The summed E-state index contributed by atoms with van der Waals surface area (Å²) in [5.74, 6) is 1.21. The fourth-order valence-corrected chi connectivity index (χ4v) is 4.01. The highest BCUT2D eigenvalue weighted by Crippen LogP contribution is 2.35.